The number of ether oxygens (including phenoxy) is 3. The zero-order valence-corrected chi connectivity index (χ0v) is 10.8. The highest BCUT2D eigenvalue weighted by Crippen LogP contribution is 2.37. The predicted molar refractivity (Wildman–Crippen MR) is 58.2 cm³/mol. The topological polar surface area (TPSA) is 126 Å². The largest absolute Gasteiger partial charge is 0.380 e. The molecule has 0 aromatic rings. The molecule has 0 heterocycles. The standard InChI is InChI=1S/C10H20O8/c1-5-18-10(15,8(2,13)16-3)9(14,17-4)7(12)6-11/h6-7,12-15H,5H2,1-4H3/t7-,8+,9+,10+/m1/s1. The van der Waals surface area contributed by atoms with Gasteiger partial charge in [0.25, 0.3) is 11.6 Å². The Morgan fingerprint density at radius 1 is 1.22 bits per heavy atom. The summed E-state index contributed by atoms with van der Waals surface area (Å²) in [5.74, 6) is -8.25. The minimum absolute atomic E-state index is 0.0702. The van der Waals surface area contributed by atoms with Crippen LogP contribution in [0.3, 0.4) is 0 Å². The van der Waals surface area contributed by atoms with Gasteiger partial charge < -0.3 is 39.4 Å². The molecule has 0 rings (SSSR count). The van der Waals surface area contributed by atoms with Gasteiger partial charge in [-0.05, 0) is 13.8 Å². The molecule has 8 nitrogen and oxygen atoms in total. The van der Waals surface area contributed by atoms with Crippen molar-refractivity contribution in [1.29, 1.82) is 0 Å². The Labute approximate surface area is 105 Å². The van der Waals surface area contributed by atoms with E-state index in [9.17, 15) is 25.2 Å². The van der Waals surface area contributed by atoms with Crippen molar-refractivity contribution in [2.45, 2.75) is 37.3 Å². The first-order valence-electron chi connectivity index (χ1n) is 5.21. The molecule has 0 saturated heterocycles. The van der Waals surface area contributed by atoms with Crippen LogP contribution in [0.2, 0.25) is 0 Å². The van der Waals surface area contributed by atoms with Gasteiger partial charge in [-0.2, -0.15) is 0 Å². The van der Waals surface area contributed by atoms with Gasteiger partial charge in [0.1, 0.15) is 0 Å². The molecule has 0 unspecified atom stereocenters. The first kappa shape index (κ1) is 17.4. The van der Waals surface area contributed by atoms with Crippen LogP contribution in [0.15, 0.2) is 0 Å². The number of aliphatic hydroxyl groups is 4. The summed E-state index contributed by atoms with van der Waals surface area (Å²) < 4.78 is 14.0. The van der Waals surface area contributed by atoms with Crippen LogP contribution in [-0.4, -0.2) is 71.0 Å². The fourth-order valence-corrected chi connectivity index (χ4v) is 1.47. The average molecular weight is 268 g/mol. The first-order valence-corrected chi connectivity index (χ1v) is 5.21. The number of aldehydes is 1. The summed E-state index contributed by atoms with van der Waals surface area (Å²) in [6.45, 7) is 2.28. The maximum Gasteiger partial charge on any atom is 0.279 e. The second-order valence-electron chi connectivity index (χ2n) is 3.75. The molecule has 4 atom stereocenters. The van der Waals surface area contributed by atoms with E-state index in [1.807, 2.05) is 0 Å². The molecule has 0 aliphatic heterocycles. The Hall–Kier alpha value is -0.610. The lowest BCUT2D eigenvalue weighted by molar-refractivity contribution is -0.474. The van der Waals surface area contributed by atoms with Crippen LogP contribution < -0.4 is 0 Å². The molecular weight excluding hydrogens is 248 g/mol. The summed E-state index contributed by atoms with van der Waals surface area (Å²) in [7, 11) is 1.95. The molecule has 0 aliphatic carbocycles. The van der Waals surface area contributed by atoms with Crippen molar-refractivity contribution in [2.75, 3.05) is 20.8 Å². The highest BCUT2D eigenvalue weighted by molar-refractivity contribution is 5.58. The van der Waals surface area contributed by atoms with Gasteiger partial charge in [0, 0.05) is 20.8 Å². The van der Waals surface area contributed by atoms with E-state index in [-0.39, 0.29) is 12.9 Å². The Balaban J connectivity index is 5.76. The Bertz CT molecular complexity index is 281. The second-order valence-corrected chi connectivity index (χ2v) is 3.75. The molecular formula is C10H20O8. The monoisotopic (exact) mass is 268 g/mol. The number of carbonyl (C=O) groups excluding carboxylic acids is 1. The first-order chi connectivity index (χ1) is 8.16. The van der Waals surface area contributed by atoms with Gasteiger partial charge in [0.05, 0.1) is 0 Å². The summed E-state index contributed by atoms with van der Waals surface area (Å²) >= 11 is 0. The van der Waals surface area contributed by atoms with E-state index >= 15 is 0 Å². The Morgan fingerprint density at radius 3 is 2.00 bits per heavy atom. The maximum atomic E-state index is 10.6. The number of carbonyl (C=O) groups is 1. The number of hydrogen-bond acceptors (Lipinski definition) is 8. The van der Waals surface area contributed by atoms with Gasteiger partial charge >= 0.3 is 0 Å². The second kappa shape index (κ2) is 6.02. The highest BCUT2D eigenvalue weighted by atomic mass is 16.8. The van der Waals surface area contributed by atoms with E-state index in [1.54, 1.807) is 0 Å². The molecule has 108 valence electrons. The quantitative estimate of drug-likeness (QED) is 0.293. The zero-order chi connectivity index (χ0) is 14.6. The summed E-state index contributed by atoms with van der Waals surface area (Å²) in [6.07, 6.45) is -2.24. The minimum Gasteiger partial charge on any atom is -0.380 e. The molecule has 0 radical (unpaired) electrons. The zero-order valence-electron chi connectivity index (χ0n) is 10.8. The van der Waals surface area contributed by atoms with Gasteiger partial charge in [0.2, 0.25) is 5.79 Å². The molecule has 0 spiro atoms. The van der Waals surface area contributed by atoms with Crippen LogP contribution in [-0.2, 0) is 19.0 Å². The SMILES string of the molecule is CCO[C@@](O)([C@@](C)(O)OC)[C@@](O)(OC)[C@H](O)C=O. The van der Waals surface area contributed by atoms with Gasteiger partial charge in [-0.25, -0.2) is 0 Å². The number of methoxy groups -OCH3 is 2. The third-order valence-corrected chi connectivity index (χ3v) is 2.71. The van der Waals surface area contributed by atoms with Crippen molar-refractivity contribution in [3.05, 3.63) is 0 Å². The molecule has 0 amide bonds. The number of rotatable bonds is 8. The molecule has 4 N–H and O–H groups in total. The van der Waals surface area contributed by atoms with Gasteiger partial charge in [-0.15, -0.1) is 0 Å². The van der Waals surface area contributed by atoms with E-state index in [2.05, 4.69) is 9.47 Å². The van der Waals surface area contributed by atoms with E-state index < -0.39 is 23.5 Å². The van der Waals surface area contributed by atoms with Gasteiger partial charge in [-0.1, -0.05) is 0 Å². The molecule has 0 saturated carbocycles. The normalized spacial score (nSPS) is 23.6. The van der Waals surface area contributed by atoms with Gasteiger partial charge in [-0.3, -0.25) is 0 Å². The lowest BCUT2D eigenvalue weighted by Gasteiger charge is -2.48. The molecule has 0 aromatic carbocycles. The summed E-state index contributed by atoms with van der Waals surface area (Å²) in [6, 6.07) is 0. The Kier molecular flexibility index (Phi) is 5.82. The summed E-state index contributed by atoms with van der Waals surface area (Å²) in [4.78, 5) is 10.6. The number of aliphatic hydroxyl groups excluding tert-OH is 1. The fraction of sp³-hybridized carbons (Fsp3) is 0.900. The summed E-state index contributed by atoms with van der Waals surface area (Å²) in [5, 5.41) is 39.7. The van der Waals surface area contributed by atoms with Crippen LogP contribution >= 0.6 is 0 Å². The number of hydrogen-bond donors (Lipinski definition) is 4. The van der Waals surface area contributed by atoms with Gasteiger partial charge in [0.15, 0.2) is 12.4 Å². The third-order valence-electron chi connectivity index (χ3n) is 2.71. The lowest BCUT2D eigenvalue weighted by atomic mass is 9.92. The molecule has 0 aliphatic rings. The highest BCUT2D eigenvalue weighted by Gasteiger charge is 2.66. The molecule has 0 bridgehead atoms. The molecule has 0 aromatic heterocycles. The fourth-order valence-electron chi connectivity index (χ4n) is 1.47. The Morgan fingerprint density at radius 2 is 1.72 bits per heavy atom. The molecule has 18 heavy (non-hydrogen) atoms. The third kappa shape index (κ3) is 2.54. The lowest BCUT2D eigenvalue weighted by Crippen LogP contribution is -2.73. The van der Waals surface area contributed by atoms with E-state index in [0.717, 1.165) is 21.1 Å². The van der Waals surface area contributed by atoms with Crippen molar-refractivity contribution in [3.8, 4) is 0 Å². The van der Waals surface area contributed by atoms with Crippen molar-refractivity contribution >= 4 is 6.29 Å². The summed E-state index contributed by atoms with van der Waals surface area (Å²) in [5.41, 5.74) is 0. The van der Waals surface area contributed by atoms with E-state index in [4.69, 9.17) is 4.74 Å². The van der Waals surface area contributed by atoms with Crippen LogP contribution in [0.1, 0.15) is 13.8 Å². The van der Waals surface area contributed by atoms with Crippen molar-refractivity contribution in [2.24, 2.45) is 0 Å². The van der Waals surface area contributed by atoms with E-state index in [0.29, 0.717) is 0 Å². The van der Waals surface area contributed by atoms with Crippen molar-refractivity contribution in [1.82, 2.24) is 0 Å². The van der Waals surface area contributed by atoms with Crippen LogP contribution in [0.5, 0.6) is 0 Å². The maximum absolute atomic E-state index is 10.6. The smallest absolute Gasteiger partial charge is 0.279 e. The minimum atomic E-state index is -2.91. The van der Waals surface area contributed by atoms with Crippen LogP contribution in [0.25, 0.3) is 0 Å². The van der Waals surface area contributed by atoms with E-state index in [1.165, 1.54) is 6.92 Å². The molecule has 8 heteroatoms. The van der Waals surface area contributed by atoms with Crippen molar-refractivity contribution in [3.63, 3.8) is 0 Å². The van der Waals surface area contributed by atoms with Crippen LogP contribution in [0.4, 0.5) is 0 Å². The van der Waals surface area contributed by atoms with Crippen molar-refractivity contribution < 1.29 is 39.4 Å². The van der Waals surface area contributed by atoms with Crippen LogP contribution in [0, 0.1) is 0 Å². The molecule has 0 fully saturated rings. The predicted octanol–water partition coefficient (Wildman–Crippen LogP) is -2.04. The average Bonchev–Trinajstić information content (AvgIpc) is 2.36.